The first-order valence-corrected chi connectivity index (χ1v) is 3.54. The number of allylic oxidation sites excluding steroid dienone is 2. The number of hydrogen-bond donors (Lipinski definition) is 0. The quantitative estimate of drug-likeness (QED) is 0.390. The molecule has 0 heteroatoms. The van der Waals surface area contributed by atoms with Gasteiger partial charge in [-0.15, -0.1) is 13.2 Å². The van der Waals surface area contributed by atoms with E-state index in [1.54, 1.807) is 0 Å². The van der Waals surface area contributed by atoms with E-state index in [9.17, 15) is 0 Å². The van der Waals surface area contributed by atoms with Crippen LogP contribution in [0.4, 0.5) is 0 Å². The van der Waals surface area contributed by atoms with Crippen LogP contribution in [0.5, 0.6) is 0 Å². The molecule has 0 saturated carbocycles. The summed E-state index contributed by atoms with van der Waals surface area (Å²) in [5, 5.41) is 0. The van der Waals surface area contributed by atoms with Gasteiger partial charge in [0.05, 0.1) is 0 Å². The Labute approximate surface area is 58.3 Å². The van der Waals surface area contributed by atoms with E-state index in [-0.39, 0.29) is 0 Å². The minimum Gasteiger partial charge on any atom is -0.103 e. The van der Waals surface area contributed by atoms with Crippen molar-refractivity contribution in [1.29, 1.82) is 0 Å². The molecule has 0 radical (unpaired) electrons. The second kappa shape index (κ2) is 5.61. The van der Waals surface area contributed by atoms with Crippen LogP contribution in [0.15, 0.2) is 25.3 Å². The number of rotatable bonds is 5. The Bertz CT molecular complexity index is 82.0. The molecule has 9 heavy (non-hydrogen) atoms. The molecule has 0 nitrogen and oxygen atoms in total. The van der Waals surface area contributed by atoms with Crippen LogP contribution >= 0.6 is 0 Å². The summed E-state index contributed by atoms with van der Waals surface area (Å²) in [4.78, 5) is 0. The lowest BCUT2D eigenvalue weighted by atomic mass is 10.0. The summed E-state index contributed by atoms with van der Waals surface area (Å²) in [5.41, 5.74) is 0. The third kappa shape index (κ3) is 5.35. The van der Waals surface area contributed by atoms with E-state index in [1.807, 2.05) is 12.2 Å². The molecule has 1 unspecified atom stereocenters. The van der Waals surface area contributed by atoms with E-state index in [4.69, 9.17) is 0 Å². The molecule has 0 aliphatic rings. The maximum Gasteiger partial charge on any atom is -0.0265 e. The van der Waals surface area contributed by atoms with Crippen molar-refractivity contribution >= 4 is 0 Å². The lowest BCUT2D eigenvalue weighted by molar-refractivity contribution is 0.613. The molecule has 0 aliphatic heterocycles. The highest BCUT2D eigenvalue weighted by Gasteiger charge is 1.92. The Morgan fingerprint density at radius 1 is 1.44 bits per heavy atom. The van der Waals surface area contributed by atoms with Gasteiger partial charge in [-0.2, -0.15) is 0 Å². The molecule has 0 N–H and O–H groups in total. The van der Waals surface area contributed by atoms with E-state index in [0.29, 0.717) is 5.92 Å². The van der Waals surface area contributed by atoms with Crippen LogP contribution in [0.25, 0.3) is 0 Å². The zero-order chi connectivity index (χ0) is 7.11. The second-order valence-electron chi connectivity index (χ2n) is 2.43. The Hall–Kier alpha value is -0.520. The monoisotopic (exact) mass is 124 g/mol. The van der Waals surface area contributed by atoms with Crippen molar-refractivity contribution in [3.05, 3.63) is 25.3 Å². The van der Waals surface area contributed by atoms with E-state index in [2.05, 4.69) is 20.1 Å². The predicted molar refractivity (Wildman–Crippen MR) is 43.4 cm³/mol. The molecule has 0 saturated heterocycles. The first-order chi connectivity index (χ1) is 4.31. The maximum absolute atomic E-state index is 3.71. The highest BCUT2D eigenvalue weighted by atomic mass is 14.0. The van der Waals surface area contributed by atoms with Gasteiger partial charge in [0.1, 0.15) is 0 Å². The molecule has 0 amide bonds. The first kappa shape index (κ1) is 8.48. The molecule has 0 bridgehead atoms. The van der Waals surface area contributed by atoms with Crippen molar-refractivity contribution in [2.75, 3.05) is 0 Å². The predicted octanol–water partition coefficient (Wildman–Crippen LogP) is 3.16. The largest absolute Gasteiger partial charge is 0.103 e. The average molecular weight is 124 g/mol. The molecule has 0 aromatic heterocycles. The molecule has 0 rings (SSSR count). The Kier molecular flexibility index (Phi) is 5.29. The zero-order valence-corrected chi connectivity index (χ0v) is 6.27. The van der Waals surface area contributed by atoms with Gasteiger partial charge in [-0.3, -0.25) is 0 Å². The summed E-state index contributed by atoms with van der Waals surface area (Å²) in [5.74, 6) is 0.671. The summed E-state index contributed by atoms with van der Waals surface area (Å²) in [6.07, 6.45) is 7.60. The molecule has 0 aliphatic carbocycles. The maximum atomic E-state index is 3.71. The Morgan fingerprint density at radius 3 is 2.56 bits per heavy atom. The molecule has 0 aromatic rings. The Morgan fingerprint density at radius 2 is 2.11 bits per heavy atom. The SMILES string of the molecule is C=CCCCC(C)C=C. The highest BCUT2D eigenvalue weighted by molar-refractivity contribution is 4.76. The summed E-state index contributed by atoms with van der Waals surface area (Å²) in [6.45, 7) is 9.56. The Balaban J connectivity index is 3.05. The number of hydrogen-bond acceptors (Lipinski definition) is 0. The zero-order valence-electron chi connectivity index (χ0n) is 6.27. The normalized spacial score (nSPS) is 12.6. The summed E-state index contributed by atoms with van der Waals surface area (Å²) in [6, 6.07) is 0. The molecule has 0 fully saturated rings. The third-order valence-corrected chi connectivity index (χ3v) is 1.47. The van der Waals surface area contributed by atoms with Crippen molar-refractivity contribution in [3.8, 4) is 0 Å². The van der Waals surface area contributed by atoms with Crippen molar-refractivity contribution in [2.45, 2.75) is 26.2 Å². The lowest BCUT2D eigenvalue weighted by Crippen LogP contribution is -1.86. The van der Waals surface area contributed by atoms with E-state index >= 15 is 0 Å². The fraction of sp³-hybridized carbons (Fsp3) is 0.556. The van der Waals surface area contributed by atoms with Crippen LogP contribution in [0, 0.1) is 5.92 Å². The fourth-order valence-electron chi connectivity index (χ4n) is 0.702. The second-order valence-corrected chi connectivity index (χ2v) is 2.43. The third-order valence-electron chi connectivity index (χ3n) is 1.47. The van der Waals surface area contributed by atoms with Gasteiger partial charge >= 0.3 is 0 Å². The molecular weight excluding hydrogens is 108 g/mol. The first-order valence-electron chi connectivity index (χ1n) is 3.54. The smallest absolute Gasteiger partial charge is 0.0265 e. The van der Waals surface area contributed by atoms with E-state index in [1.165, 1.54) is 12.8 Å². The summed E-state index contributed by atoms with van der Waals surface area (Å²) < 4.78 is 0. The van der Waals surface area contributed by atoms with Gasteiger partial charge in [0.2, 0.25) is 0 Å². The van der Waals surface area contributed by atoms with Gasteiger partial charge < -0.3 is 0 Å². The van der Waals surface area contributed by atoms with Gasteiger partial charge in [-0.25, -0.2) is 0 Å². The summed E-state index contributed by atoms with van der Waals surface area (Å²) >= 11 is 0. The van der Waals surface area contributed by atoms with Crippen LogP contribution in [0.1, 0.15) is 26.2 Å². The lowest BCUT2D eigenvalue weighted by Gasteiger charge is -2.01. The fourth-order valence-corrected chi connectivity index (χ4v) is 0.702. The highest BCUT2D eigenvalue weighted by Crippen LogP contribution is 2.07. The molecule has 0 spiro atoms. The minimum absolute atomic E-state index is 0.671. The average Bonchev–Trinajstić information content (AvgIpc) is 1.89. The summed E-state index contributed by atoms with van der Waals surface area (Å²) in [7, 11) is 0. The van der Waals surface area contributed by atoms with Crippen LogP contribution in [-0.2, 0) is 0 Å². The molecule has 0 aromatic carbocycles. The van der Waals surface area contributed by atoms with Gasteiger partial charge in [-0.1, -0.05) is 19.1 Å². The van der Waals surface area contributed by atoms with Crippen LogP contribution < -0.4 is 0 Å². The molecule has 52 valence electrons. The topological polar surface area (TPSA) is 0 Å². The minimum atomic E-state index is 0.671. The van der Waals surface area contributed by atoms with Gasteiger partial charge in [-0.05, 0) is 25.2 Å². The van der Waals surface area contributed by atoms with Crippen molar-refractivity contribution < 1.29 is 0 Å². The van der Waals surface area contributed by atoms with Crippen molar-refractivity contribution in [3.63, 3.8) is 0 Å². The van der Waals surface area contributed by atoms with Gasteiger partial charge in [0.15, 0.2) is 0 Å². The van der Waals surface area contributed by atoms with Crippen LogP contribution in [0.3, 0.4) is 0 Å². The molecule has 1 atom stereocenters. The van der Waals surface area contributed by atoms with Gasteiger partial charge in [0.25, 0.3) is 0 Å². The van der Waals surface area contributed by atoms with Crippen LogP contribution in [-0.4, -0.2) is 0 Å². The van der Waals surface area contributed by atoms with Gasteiger partial charge in [0, 0.05) is 0 Å². The van der Waals surface area contributed by atoms with Crippen molar-refractivity contribution in [2.24, 2.45) is 5.92 Å². The van der Waals surface area contributed by atoms with E-state index in [0.717, 1.165) is 6.42 Å². The molecule has 0 heterocycles. The standard InChI is InChI=1S/C9H16/c1-4-6-7-8-9(3)5-2/h4-5,9H,1-2,6-8H2,3H3. The van der Waals surface area contributed by atoms with Crippen LogP contribution in [0.2, 0.25) is 0 Å². The number of unbranched alkanes of at least 4 members (excludes halogenated alkanes) is 1. The van der Waals surface area contributed by atoms with E-state index < -0.39 is 0 Å². The van der Waals surface area contributed by atoms with Crippen molar-refractivity contribution in [1.82, 2.24) is 0 Å². The molecular formula is C9H16.